The van der Waals surface area contributed by atoms with Gasteiger partial charge < -0.3 is 9.64 Å². The van der Waals surface area contributed by atoms with Crippen LogP contribution in [0.2, 0.25) is 0 Å². The Hall–Kier alpha value is -2.46. The van der Waals surface area contributed by atoms with E-state index in [0.717, 1.165) is 30.2 Å². The Balaban J connectivity index is 1.81. The van der Waals surface area contributed by atoms with Crippen molar-refractivity contribution in [1.82, 2.24) is 9.97 Å². The lowest BCUT2D eigenvalue weighted by molar-refractivity contribution is 0.0520. The molecule has 0 bridgehead atoms. The van der Waals surface area contributed by atoms with Crippen LogP contribution in [0.25, 0.3) is 0 Å². The van der Waals surface area contributed by atoms with Crippen LogP contribution >= 0.6 is 11.3 Å². The molecule has 0 N–H and O–H groups in total. The van der Waals surface area contributed by atoms with E-state index < -0.39 is 0 Å². The number of ether oxygens (including phenoxy) is 1. The number of carbonyl (C=O) groups is 1. The molecule has 0 amide bonds. The fourth-order valence-electron chi connectivity index (χ4n) is 2.66. The molecule has 118 valence electrons. The molecule has 3 heterocycles. The molecular weight excluding hydrogens is 312 g/mol. The monoisotopic (exact) mass is 328 g/mol. The maximum atomic E-state index is 11.8. The first kappa shape index (κ1) is 15.4. The highest BCUT2D eigenvalue weighted by Gasteiger charge is 2.30. The number of esters is 1. The van der Waals surface area contributed by atoms with E-state index in [2.05, 4.69) is 20.9 Å². The minimum Gasteiger partial charge on any atom is -0.461 e. The summed E-state index contributed by atoms with van der Waals surface area (Å²) < 4.78 is 4.99. The minimum atomic E-state index is -0.379. The summed E-state index contributed by atoms with van der Waals surface area (Å²) in [6, 6.07) is 5.81. The lowest BCUT2D eigenvalue weighted by Crippen LogP contribution is -2.23. The highest BCUT2D eigenvalue weighted by Crippen LogP contribution is 2.36. The maximum absolute atomic E-state index is 11.8. The lowest BCUT2D eigenvalue weighted by Gasteiger charge is -2.24. The van der Waals surface area contributed by atoms with E-state index >= 15 is 0 Å². The van der Waals surface area contributed by atoms with Gasteiger partial charge in [-0.1, -0.05) is 0 Å². The summed E-state index contributed by atoms with van der Waals surface area (Å²) in [6.07, 6.45) is 3.59. The van der Waals surface area contributed by atoms with Gasteiger partial charge in [-0.25, -0.2) is 14.8 Å². The number of hydrogen-bond acceptors (Lipinski definition) is 7. The van der Waals surface area contributed by atoms with E-state index in [1.54, 1.807) is 24.6 Å². The molecule has 1 aliphatic heterocycles. The van der Waals surface area contributed by atoms with Gasteiger partial charge >= 0.3 is 5.97 Å². The summed E-state index contributed by atoms with van der Waals surface area (Å²) in [4.78, 5) is 22.7. The number of nitrogens with zero attached hydrogens (tertiary/aromatic N) is 4. The van der Waals surface area contributed by atoms with Crippen LogP contribution in [-0.2, 0) is 4.74 Å². The van der Waals surface area contributed by atoms with Crippen molar-refractivity contribution in [2.45, 2.75) is 25.8 Å². The molecule has 23 heavy (non-hydrogen) atoms. The molecule has 1 aliphatic rings. The molecule has 1 fully saturated rings. The molecule has 0 aliphatic carbocycles. The molecule has 2 aromatic heterocycles. The van der Waals surface area contributed by atoms with Gasteiger partial charge in [0, 0.05) is 18.1 Å². The summed E-state index contributed by atoms with van der Waals surface area (Å²) in [7, 11) is 0. The standard InChI is InChI=1S/C16H16N4O2S/c1-2-22-16(21)12-10-23-15(19-12)13-4-3-7-20(13)14-6-5-11(8-17)9-18-14/h5-6,9-10,13H,2-4,7H2,1H3/t13-/m1/s1. The number of anilines is 1. The van der Waals surface area contributed by atoms with Crippen molar-refractivity contribution < 1.29 is 9.53 Å². The van der Waals surface area contributed by atoms with Gasteiger partial charge in [-0.05, 0) is 31.9 Å². The van der Waals surface area contributed by atoms with Crippen molar-refractivity contribution >= 4 is 23.1 Å². The number of aromatic nitrogens is 2. The molecule has 2 aromatic rings. The molecule has 0 aromatic carbocycles. The Labute approximate surface area is 138 Å². The Morgan fingerprint density at radius 3 is 3.13 bits per heavy atom. The van der Waals surface area contributed by atoms with Crippen LogP contribution < -0.4 is 4.90 Å². The third-order valence-electron chi connectivity index (χ3n) is 3.72. The van der Waals surface area contributed by atoms with Crippen molar-refractivity contribution in [3.05, 3.63) is 40.0 Å². The Bertz CT molecular complexity index is 735. The van der Waals surface area contributed by atoms with E-state index in [1.165, 1.54) is 11.3 Å². The lowest BCUT2D eigenvalue weighted by atomic mass is 10.2. The van der Waals surface area contributed by atoms with Crippen LogP contribution in [0.3, 0.4) is 0 Å². The molecule has 1 saturated heterocycles. The average molecular weight is 328 g/mol. The molecular formula is C16H16N4O2S. The molecule has 0 radical (unpaired) electrons. The van der Waals surface area contributed by atoms with Gasteiger partial charge in [-0.2, -0.15) is 5.26 Å². The summed E-state index contributed by atoms with van der Waals surface area (Å²) in [5.41, 5.74) is 0.912. The average Bonchev–Trinajstić information content (AvgIpc) is 3.24. The zero-order valence-electron chi connectivity index (χ0n) is 12.7. The zero-order valence-corrected chi connectivity index (χ0v) is 13.5. The van der Waals surface area contributed by atoms with Crippen molar-refractivity contribution in [2.24, 2.45) is 0 Å². The smallest absolute Gasteiger partial charge is 0.357 e. The Kier molecular flexibility index (Phi) is 4.53. The number of hydrogen-bond donors (Lipinski definition) is 0. The first-order valence-electron chi connectivity index (χ1n) is 7.48. The van der Waals surface area contributed by atoms with Crippen molar-refractivity contribution in [1.29, 1.82) is 5.26 Å². The molecule has 1 atom stereocenters. The van der Waals surface area contributed by atoms with Gasteiger partial charge in [0.15, 0.2) is 5.69 Å². The number of carbonyl (C=O) groups excluding carboxylic acids is 1. The van der Waals surface area contributed by atoms with Crippen LogP contribution in [0, 0.1) is 11.3 Å². The predicted octanol–water partition coefficient (Wildman–Crippen LogP) is 2.93. The number of nitriles is 1. The van der Waals surface area contributed by atoms with E-state index in [9.17, 15) is 4.79 Å². The fourth-order valence-corrected chi connectivity index (χ4v) is 3.59. The topological polar surface area (TPSA) is 79.1 Å². The summed E-state index contributed by atoms with van der Waals surface area (Å²) in [5.74, 6) is 0.454. The summed E-state index contributed by atoms with van der Waals surface area (Å²) in [6.45, 7) is 3.01. The Morgan fingerprint density at radius 2 is 2.43 bits per heavy atom. The zero-order chi connectivity index (χ0) is 16.2. The summed E-state index contributed by atoms with van der Waals surface area (Å²) >= 11 is 1.47. The predicted molar refractivity (Wildman–Crippen MR) is 86.3 cm³/mol. The molecule has 0 saturated carbocycles. The van der Waals surface area contributed by atoms with Crippen molar-refractivity contribution in [2.75, 3.05) is 18.1 Å². The van der Waals surface area contributed by atoms with Crippen LogP contribution in [0.15, 0.2) is 23.7 Å². The van der Waals surface area contributed by atoms with Gasteiger partial charge in [0.25, 0.3) is 0 Å². The van der Waals surface area contributed by atoms with Crippen LogP contribution in [0.1, 0.15) is 46.9 Å². The fraction of sp³-hybridized carbons (Fsp3) is 0.375. The van der Waals surface area contributed by atoms with Gasteiger partial charge in [0.1, 0.15) is 16.9 Å². The molecule has 0 unspecified atom stereocenters. The van der Waals surface area contributed by atoms with Gasteiger partial charge in [0.05, 0.1) is 18.2 Å². The van der Waals surface area contributed by atoms with E-state index in [0.29, 0.717) is 17.9 Å². The van der Waals surface area contributed by atoms with Gasteiger partial charge in [-0.15, -0.1) is 11.3 Å². The second-order valence-corrected chi connectivity index (χ2v) is 6.05. The Morgan fingerprint density at radius 1 is 1.57 bits per heavy atom. The number of thiazole rings is 1. The number of rotatable bonds is 4. The molecule has 3 rings (SSSR count). The second kappa shape index (κ2) is 6.75. The summed E-state index contributed by atoms with van der Waals surface area (Å²) in [5, 5.41) is 11.5. The van der Waals surface area contributed by atoms with Gasteiger partial charge in [0.2, 0.25) is 0 Å². The largest absolute Gasteiger partial charge is 0.461 e. The van der Waals surface area contributed by atoms with Crippen LogP contribution in [-0.4, -0.2) is 29.1 Å². The maximum Gasteiger partial charge on any atom is 0.357 e. The highest BCUT2D eigenvalue weighted by molar-refractivity contribution is 7.10. The molecule has 0 spiro atoms. The van der Waals surface area contributed by atoms with E-state index in [4.69, 9.17) is 10.00 Å². The van der Waals surface area contributed by atoms with E-state index in [1.807, 2.05) is 6.07 Å². The molecule has 7 heteroatoms. The van der Waals surface area contributed by atoms with Crippen LogP contribution in [0.5, 0.6) is 0 Å². The first-order chi connectivity index (χ1) is 11.2. The number of pyridine rings is 1. The normalized spacial score (nSPS) is 17.0. The van der Waals surface area contributed by atoms with Crippen LogP contribution in [0.4, 0.5) is 5.82 Å². The molecule has 6 nitrogen and oxygen atoms in total. The van der Waals surface area contributed by atoms with Crippen molar-refractivity contribution in [3.63, 3.8) is 0 Å². The quantitative estimate of drug-likeness (QED) is 0.803. The SMILES string of the molecule is CCOC(=O)c1csc([C@H]2CCCN2c2ccc(C#N)cn2)n1. The minimum absolute atomic E-state index is 0.114. The second-order valence-electron chi connectivity index (χ2n) is 5.16. The van der Waals surface area contributed by atoms with E-state index in [-0.39, 0.29) is 12.0 Å². The third kappa shape index (κ3) is 3.17. The highest BCUT2D eigenvalue weighted by atomic mass is 32.1. The van der Waals surface area contributed by atoms with Crippen molar-refractivity contribution in [3.8, 4) is 6.07 Å². The third-order valence-corrected chi connectivity index (χ3v) is 4.66. The first-order valence-corrected chi connectivity index (χ1v) is 8.36. The van der Waals surface area contributed by atoms with Gasteiger partial charge in [-0.3, -0.25) is 0 Å².